The van der Waals surface area contributed by atoms with Gasteiger partial charge in [0.05, 0.1) is 23.2 Å². The highest BCUT2D eigenvalue weighted by Gasteiger charge is 2.25. The van der Waals surface area contributed by atoms with Crippen LogP contribution in [0.4, 0.5) is 5.69 Å². The van der Waals surface area contributed by atoms with E-state index in [0.717, 1.165) is 11.1 Å². The lowest BCUT2D eigenvalue weighted by Gasteiger charge is -2.25. The van der Waals surface area contributed by atoms with Gasteiger partial charge in [0.2, 0.25) is 0 Å². The van der Waals surface area contributed by atoms with Crippen molar-refractivity contribution in [2.24, 2.45) is 0 Å². The normalized spacial score (nSPS) is 12.5. The summed E-state index contributed by atoms with van der Waals surface area (Å²) in [5.74, 6) is -0.180. The molecule has 0 saturated carbocycles. The molecule has 4 rings (SSSR count). The number of carbonyl (C=O) groups is 1. The number of anilines is 1. The molecule has 0 aliphatic heterocycles. The molecule has 0 fully saturated rings. The molecule has 0 aromatic heterocycles. The lowest BCUT2D eigenvalue weighted by atomic mass is 9.86. The highest BCUT2D eigenvalue weighted by atomic mass is 32.2. The molecule has 0 bridgehead atoms. The average molecular weight is 527 g/mol. The molecule has 1 atom stereocenters. The molecular weight excluding hydrogens is 492 g/mol. The van der Waals surface area contributed by atoms with Crippen LogP contribution in [0.15, 0.2) is 114 Å². The summed E-state index contributed by atoms with van der Waals surface area (Å²) in [6.07, 6.45) is 0. The Balaban J connectivity index is 1.49. The number of nitrogens with one attached hydrogen (secondary N) is 1. The monoisotopic (exact) mass is 526 g/mol. The third kappa shape index (κ3) is 6.32. The molecule has 1 amide bonds. The van der Waals surface area contributed by atoms with E-state index in [1.165, 1.54) is 9.87 Å². The van der Waals surface area contributed by atoms with Gasteiger partial charge in [-0.25, -0.2) is 8.42 Å². The minimum atomic E-state index is -3.78. The Labute approximate surface area is 226 Å². The zero-order valence-electron chi connectivity index (χ0n) is 22.3. The lowest BCUT2D eigenvalue weighted by molar-refractivity contribution is 0.0940. The zero-order valence-corrected chi connectivity index (χ0v) is 23.1. The van der Waals surface area contributed by atoms with Crippen LogP contribution in [0, 0.1) is 0 Å². The second kappa shape index (κ2) is 11.2. The summed E-state index contributed by atoms with van der Waals surface area (Å²) in [6.45, 7) is 8.62. The van der Waals surface area contributed by atoms with Crippen molar-refractivity contribution >= 4 is 21.6 Å². The van der Waals surface area contributed by atoms with Crippen LogP contribution >= 0.6 is 0 Å². The Kier molecular flexibility index (Phi) is 8.02. The van der Waals surface area contributed by atoms with Crippen LogP contribution in [-0.2, 0) is 22.0 Å². The van der Waals surface area contributed by atoms with Gasteiger partial charge in [0.25, 0.3) is 15.9 Å². The van der Waals surface area contributed by atoms with Gasteiger partial charge in [0.1, 0.15) is 0 Å². The molecule has 0 saturated heterocycles. The van der Waals surface area contributed by atoms with Gasteiger partial charge in [0, 0.05) is 5.56 Å². The van der Waals surface area contributed by atoms with Crippen LogP contribution in [0.25, 0.3) is 0 Å². The number of amides is 1. The predicted molar refractivity (Wildman–Crippen MR) is 154 cm³/mol. The first kappa shape index (κ1) is 27.1. The van der Waals surface area contributed by atoms with Crippen molar-refractivity contribution in [2.45, 2.75) is 50.6 Å². The van der Waals surface area contributed by atoms with E-state index in [4.69, 9.17) is 0 Å². The summed E-state index contributed by atoms with van der Waals surface area (Å²) < 4.78 is 28.4. The number of carbonyl (C=O) groups excluding carboxylic acids is 1. The minimum absolute atomic E-state index is 0.0727. The van der Waals surface area contributed by atoms with E-state index in [1.807, 2.05) is 25.1 Å². The number of benzene rings is 4. The molecule has 0 aliphatic rings. The van der Waals surface area contributed by atoms with Crippen molar-refractivity contribution in [3.8, 4) is 0 Å². The molecular formula is C32H34N2O3S. The van der Waals surface area contributed by atoms with E-state index >= 15 is 0 Å². The van der Waals surface area contributed by atoms with E-state index < -0.39 is 10.0 Å². The van der Waals surface area contributed by atoms with E-state index in [2.05, 4.69) is 50.4 Å². The Morgan fingerprint density at radius 2 is 1.34 bits per heavy atom. The second-order valence-corrected chi connectivity index (χ2v) is 12.3. The van der Waals surface area contributed by atoms with Crippen molar-refractivity contribution in [2.75, 3.05) is 4.31 Å². The molecule has 0 unspecified atom stereocenters. The molecule has 5 nitrogen and oxygen atoms in total. The fourth-order valence-corrected chi connectivity index (χ4v) is 5.67. The Morgan fingerprint density at radius 3 is 1.89 bits per heavy atom. The van der Waals surface area contributed by atoms with Crippen molar-refractivity contribution < 1.29 is 13.2 Å². The summed E-state index contributed by atoms with van der Waals surface area (Å²) in [5, 5.41) is 3.06. The highest BCUT2D eigenvalue weighted by Crippen LogP contribution is 2.26. The molecule has 1 N–H and O–H groups in total. The molecule has 4 aromatic carbocycles. The first-order valence-corrected chi connectivity index (χ1v) is 14.1. The number of para-hydroxylation sites is 1. The van der Waals surface area contributed by atoms with E-state index in [1.54, 1.807) is 66.7 Å². The molecule has 0 aliphatic carbocycles. The largest absolute Gasteiger partial charge is 0.346 e. The Morgan fingerprint density at radius 1 is 0.789 bits per heavy atom. The summed E-state index contributed by atoms with van der Waals surface area (Å²) in [4.78, 5) is 13.2. The average Bonchev–Trinajstić information content (AvgIpc) is 2.92. The van der Waals surface area contributed by atoms with Gasteiger partial charge in [-0.15, -0.1) is 0 Å². The maximum absolute atomic E-state index is 13.5. The van der Waals surface area contributed by atoms with Crippen LogP contribution < -0.4 is 9.62 Å². The molecule has 0 heterocycles. The van der Waals surface area contributed by atoms with Gasteiger partial charge in [-0.1, -0.05) is 93.6 Å². The van der Waals surface area contributed by atoms with Gasteiger partial charge in [0.15, 0.2) is 0 Å². The number of hydrogen-bond acceptors (Lipinski definition) is 3. The molecule has 0 radical (unpaired) electrons. The third-order valence-electron chi connectivity index (χ3n) is 6.54. The van der Waals surface area contributed by atoms with Gasteiger partial charge < -0.3 is 5.32 Å². The molecule has 4 aromatic rings. The van der Waals surface area contributed by atoms with Crippen molar-refractivity contribution in [1.82, 2.24) is 5.32 Å². The maximum atomic E-state index is 13.5. The second-order valence-electron chi connectivity index (χ2n) is 10.4. The standard InChI is InChI=1S/C32H34N2O3S/c1-24(26-19-21-28(22-20-26)32(2,3)4)33-31(35)27-17-15-25(16-18-27)23-34(29-11-7-5-8-12-29)38(36,37)30-13-9-6-10-14-30/h5-22,24H,23H2,1-4H3,(H,33,35)/t24-/m0/s1. The quantitative estimate of drug-likeness (QED) is 0.272. The summed E-state index contributed by atoms with van der Waals surface area (Å²) in [7, 11) is -3.78. The van der Waals surface area contributed by atoms with Crippen molar-refractivity contribution in [1.29, 1.82) is 0 Å². The molecule has 196 valence electrons. The number of rotatable bonds is 8. The van der Waals surface area contributed by atoms with Crippen LogP contribution in [0.5, 0.6) is 0 Å². The zero-order chi connectivity index (χ0) is 27.3. The van der Waals surface area contributed by atoms with Crippen LogP contribution in [-0.4, -0.2) is 14.3 Å². The van der Waals surface area contributed by atoms with Gasteiger partial charge >= 0.3 is 0 Å². The number of sulfonamides is 1. The topological polar surface area (TPSA) is 66.5 Å². The Hall–Kier alpha value is -3.90. The van der Waals surface area contributed by atoms with Crippen LogP contribution in [0.2, 0.25) is 0 Å². The first-order chi connectivity index (χ1) is 18.1. The fraction of sp³-hybridized carbons (Fsp3) is 0.219. The Bertz CT molecular complexity index is 1460. The van der Waals surface area contributed by atoms with Gasteiger partial charge in [-0.3, -0.25) is 9.10 Å². The molecule has 6 heteroatoms. The first-order valence-electron chi connectivity index (χ1n) is 12.7. The number of nitrogens with zero attached hydrogens (tertiary/aromatic N) is 1. The summed E-state index contributed by atoms with van der Waals surface area (Å²) >= 11 is 0. The van der Waals surface area contributed by atoms with Crippen molar-refractivity contribution in [3.63, 3.8) is 0 Å². The molecule has 38 heavy (non-hydrogen) atoms. The number of hydrogen-bond donors (Lipinski definition) is 1. The lowest BCUT2D eigenvalue weighted by Crippen LogP contribution is -2.30. The van der Waals surface area contributed by atoms with E-state index in [-0.39, 0.29) is 28.8 Å². The maximum Gasteiger partial charge on any atom is 0.264 e. The van der Waals surface area contributed by atoms with Gasteiger partial charge in [-0.05, 0) is 65.4 Å². The predicted octanol–water partition coefficient (Wildman–Crippen LogP) is 6.87. The SMILES string of the molecule is C[C@H](NC(=O)c1ccc(CN(c2ccccc2)S(=O)(=O)c2ccccc2)cc1)c1ccc(C(C)(C)C)cc1. The highest BCUT2D eigenvalue weighted by molar-refractivity contribution is 7.92. The third-order valence-corrected chi connectivity index (χ3v) is 8.33. The summed E-state index contributed by atoms with van der Waals surface area (Å²) in [6, 6.07) is 32.7. The van der Waals surface area contributed by atoms with Crippen molar-refractivity contribution in [3.05, 3.63) is 131 Å². The van der Waals surface area contributed by atoms with Crippen LogP contribution in [0.3, 0.4) is 0 Å². The van der Waals surface area contributed by atoms with E-state index in [0.29, 0.717) is 11.3 Å². The minimum Gasteiger partial charge on any atom is -0.346 e. The fourth-order valence-electron chi connectivity index (χ4n) is 4.19. The smallest absolute Gasteiger partial charge is 0.264 e. The molecule has 0 spiro atoms. The summed E-state index contributed by atoms with van der Waals surface area (Å²) in [5.41, 5.74) is 4.22. The van der Waals surface area contributed by atoms with E-state index in [9.17, 15) is 13.2 Å². The van der Waals surface area contributed by atoms with Gasteiger partial charge in [-0.2, -0.15) is 0 Å². The van der Waals surface area contributed by atoms with Crippen LogP contribution in [0.1, 0.15) is 60.8 Å².